The molecule has 0 saturated heterocycles. The van der Waals surface area contributed by atoms with Crippen LogP contribution in [0.5, 0.6) is 5.75 Å². The van der Waals surface area contributed by atoms with Gasteiger partial charge in [0.15, 0.2) is 0 Å². The van der Waals surface area contributed by atoms with Gasteiger partial charge in [0.05, 0.1) is 6.61 Å². The number of ether oxygens (including phenoxy) is 1. The fourth-order valence-corrected chi connectivity index (χ4v) is 9.58. The highest BCUT2D eigenvalue weighted by atomic mass is 28.3. The summed E-state index contributed by atoms with van der Waals surface area (Å²) < 4.78 is 5.88. The quantitative estimate of drug-likeness (QED) is 0.287. The van der Waals surface area contributed by atoms with Crippen molar-refractivity contribution >= 4 is 16.1 Å². The molecule has 0 amide bonds. The predicted molar refractivity (Wildman–Crippen MR) is 126 cm³/mol. The molecule has 3 heteroatoms. The molecule has 0 saturated carbocycles. The summed E-state index contributed by atoms with van der Waals surface area (Å²) in [5.41, 5.74) is 10.2. The topological polar surface area (TPSA) is 9.23 Å². The van der Waals surface area contributed by atoms with Crippen LogP contribution in [0.25, 0.3) is 0 Å². The third kappa shape index (κ3) is 7.25. The van der Waals surface area contributed by atoms with Gasteiger partial charge in [-0.15, -0.1) is 17.0 Å². The maximum atomic E-state index is 5.88. The van der Waals surface area contributed by atoms with Crippen molar-refractivity contribution in [1.29, 1.82) is 0 Å². The number of hydrogen-bond acceptors (Lipinski definition) is 1. The van der Waals surface area contributed by atoms with Gasteiger partial charge < -0.3 is 4.74 Å². The summed E-state index contributed by atoms with van der Waals surface area (Å²) in [5, 5.41) is 0. The molecule has 0 aliphatic carbocycles. The smallest absolute Gasteiger partial charge is 0.145 e. The van der Waals surface area contributed by atoms with E-state index in [0.717, 1.165) is 17.7 Å². The molecule has 1 rings (SSSR count). The Bertz CT molecular complexity index is 679. The number of benzene rings is 1. The van der Waals surface area contributed by atoms with E-state index < -0.39 is 16.1 Å². The van der Waals surface area contributed by atoms with Crippen LogP contribution in [0.4, 0.5) is 0 Å². The lowest BCUT2D eigenvalue weighted by molar-refractivity contribution is 0.327. The molecule has 1 aromatic carbocycles. The molecule has 0 N–H and O–H groups in total. The zero-order chi connectivity index (χ0) is 20.7. The van der Waals surface area contributed by atoms with E-state index in [9.17, 15) is 0 Å². The normalized spacial score (nSPS) is 11.9. The highest BCUT2D eigenvalue weighted by Gasteiger charge is 2.41. The largest absolute Gasteiger partial charge is 0.493 e. The van der Waals surface area contributed by atoms with Crippen LogP contribution in [0.2, 0.25) is 36.3 Å². The van der Waals surface area contributed by atoms with Gasteiger partial charge in [0, 0.05) is 12.0 Å². The minimum atomic E-state index is -1.62. The Morgan fingerprint density at radius 2 is 1.33 bits per heavy atom. The van der Waals surface area contributed by atoms with Gasteiger partial charge in [-0.25, -0.2) is 0 Å². The first-order chi connectivity index (χ1) is 12.5. The molecular weight excluding hydrogens is 360 g/mol. The van der Waals surface area contributed by atoms with Gasteiger partial charge in [0.1, 0.15) is 21.9 Å². The van der Waals surface area contributed by atoms with Crippen molar-refractivity contribution in [2.45, 2.75) is 84.2 Å². The Labute approximate surface area is 170 Å². The van der Waals surface area contributed by atoms with Crippen LogP contribution in [0.3, 0.4) is 0 Å². The van der Waals surface area contributed by atoms with Gasteiger partial charge in [-0.05, 0) is 40.9 Å². The summed E-state index contributed by atoms with van der Waals surface area (Å²) in [6, 6.07) is 8.11. The van der Waals surface area contributed by atoms with Crippen LogP contribution < -0.4 is 4.74 Å². The molecule has 0 aliphatic rings. The van der Waals surface area contributed by atoms with Crippen molar-refractivity contribution in [3.63, 3.8) is 0 Å². The van der Waals surface area contributed by atoms with E-state index in [-0.39, 0.29) is 0 Å². The third-order valence-corrected chi connectivity index (χ3v) is 12.3. The van der Waals surface area contributed by atoms with Gasteiger partial charge in [-0.2, -0.15) is 0 Å². The summed E-state index contributed by atoms with van der Waals surface area (Å²) in [4.78, 5) is 0. The lowest BCUT2D eigenvalue weighted by Gasteiger charge is -2.38. The highest BCUT2D eigenvalue weighted by molar-refractivity contribution is 6.90. The average Bonchev–Trinajstić information content (AvgIpc) is 2.55. The second kappa shape index (κ2) is 10.2. The molecule has 0 atom stereocenters. The molecule has 0 unspecified atom stereocenters. The first-order valence-electron chi connectivity index (χ1n) is 10.2. The zero-order valence-corrected chi connectivity index (χ0v) is 20.9. The van der Waals surface area contributed by atoms with E-state index in [0.29, 0.717) is 23.2 Å². The van der Waals surface area contributed by atoms with Crippen LogP contribution in [0, 0.1) is 22.9 Å². The molecular formula is C24H38OSi2. The first-order valence-corrected chi connectivity index (χ1v) is 16.0. The van der Waals surface area contributed by atoms with Crippen LogP contribution >= 0.6 is 0 Å². The van der Waals surface area contributed by atoms with E-state index >= 15 is 0 Å². The van der Waals surface area contributed by atoms with Crippen LogP contribution in [0.1, 0.15) is 53.5 Å². The Balaban J connectivity index is 2.66. The summed E-state index contributed by atoms with van der Waals surface area (Å²) in [6.07, 6.45) is 0.790. The van der Waals surface area contributed by atoms with Gasteiger partial charge in [0.25, 0.3) is 0 Å². The average molecular weight is 399 g/mol. The molecule has 0 aliphatic heterocycles. The Hall–Kier alpha value is -1.43. The van der Waals surface area contributed by atoms with Gasteiger partial charge in [0.2, 0.25) is 0 Å². The van der Waals surface area contributed by atoms with E-state index in [1.807, 2.05) is 24.3 Å². The Morgan fingerprint density at radius 1 is 0.815 bits per heavy atom. The Kier molecular flexibility index (Phi) is 8.93. The van der Waals surface area contributed by atoms with E-state index in [1.54, 1.807) is 0 Å². The summed E-state index contributed by atoms with van der Waals surface area (Å²) in [7, 11) is -2.95. The van der Waals surface area contributed by atoms with Crippen molar-refractivity contribution in [3.8, 4) is 28.7 Å². The Morgan fingerprint density at radius 3 is 1.78 bits per heavy atom. The summed E-state index contributed by atoms with van der Waals surface area (Å²) in [5.74, 6) is 7.63. The molecule has 27 heavy (non-hydrogen) atoms. The van der Waals surface area contributed by atoms with Crippen LogP contribution in [-0.2, 0) is 0 Å². The molecule has 1 aromatic rings. The molecule has 0 bridgehead atoms. The molecule has 0 aromatic heterocycles. The monoisotopic (exact) mass is 398 g/mol. The standard InChI is InChI=1S/C24H38OSi2/c1-20(2)27(21(3)4,22(5)6)18-11-10-17-25-24-14-12-23(13-15-24)16-19-26(7,8)9/h12-15,20-22H,10,17H2,1-9H3. The second-order valence-electron chi connectivity index (χ2n) is 9.32. The molecule has 0 heterocycles. The predicted octanol–water partition coefficient (Wildman–Crippen LogP) is 6.91. The maximum absolute atomic E-state index is 5.88. The SMILES string of the molecule is CC(C)[Si](C#CCCOc1ccc(C#C[Si](C)(C)C)cc1)(C(C)C)C(C)C. The van der Waals surface area contributed by atoms with Gasteiger partial charge in [-0.3, -0.25) is 0 Å². The van der Waals surface area contributed by atoms with Crippen molar-refractivity contribution in [1.82, 2.24) is 0 Å². The summed E-state index contributed by atoms with van der Waals surface area (Å²) >= 11 is 0. The third-order valence-electron chi connectivity index (χ3n) is 5.10. The molecule has 148 valence electrons. The second-order valence-corrected chi connectivity index (χ2v) is 19.7. The first kappa shape index (κ1) is 23.6. The zero-order valence-electron chi connectivity index (χ0n) is 18.9. The van der Waals surface area contributed by atoms with Gasteiger partial charge in [-0.1, -0.05) is 67.1 Å². The number of hydrogen-bond donors (Lipinski definition) is 0. The fourth-order valence-electron chi connectivity index (χ4n) is 3.76. The van der Waals surface area contributed by atoms with Crippen LogP contribution in [-0.4, -0.2) is 22.8 Å². The highest BCUT2D eigenvalue weighted by Crippen LogP contribution is 2.40. The van der Waals surface area contributed by atoms with E-state index in [1.165, 1.54) is 0 Å². The van der Waals surface area contributed by atoms with Crippen molar-refractivity contribution < 1.29 is 4.74 Å². The minimum absolute atomic E-state index is 0.645. The van der Waals surface area contributed by atoms with Crippen molar-refractivity contribution in [2.75, 3.05) is 6.61 Å². The molecule has 0 fully saturated rings. The lowest BCUT2D eigenvalue weighted by Crippen LogP contribution is -2.43. The molecule has 0 radical (unpaired) electrons. The van der Waals surface area contributed by atoms with E-state index in [4.69, 9.17) is 4.74 Å². The molecule has 1 nitrogen and oxygen atoms in total. The van der Waals surface area contributed by atoms with Crippen molar-refractivity contribution in [3.05, 3.63) is 29.8 Å². The number of rotatable bonds is 6. The van der Waals surface area contributed by atoms with Gasteiger partial charge >= 0.3 is 0 Å². The van der Waals surface area contributed by atoms with E-state index in [2.05, 4.69) is 84.1 Å². The lowest BCUT2D eigenvalue weighted by atomic mass is 10.2. The van der Waals surface area contributed by atoms with Crippen LogP contribution in [0.15, 0.2) is 24.3 Å². The minimum Gasteiger partial charge on any atom is -0.493 e. The fraction of sp³-hybridized carbons (Fsp3) is 0.583. The maximum Gasteiger partial charge on any atom is 0.145 e. The molecule has 0 spiro atoms. The van der Waals surface area contributed by atoms with Crippen molar-refractivity contribution in [2.24, 2.45) is 0 Å². The summed E-state index contributed by atoms with van der Waals surface area (Å²) in [6.45, 7) is 21.5.